The van der Waals surface area contributed by atoms with Gasteiger partial charge in [-0.15, -0.1) is 11.3 Å². The van der Waals surface area contributed by atoms with Crippen LogP contribution >= 0.6 is 22.9 Å². The first-order chi connectivity index (χ1) is 6.97. The van der Waals surface area contributed by atoms with Crippen LogP contribution in [0.25, 0.3) is 0 Å². The van der Waals surface area contributed by atoms with Gasteiger partial charge in [0.15, 0.2) is 0 Å². The summed E-state index contributed by atoms with van der Waals surface area (Å²) < 4.78 is 26.6. The van der Waals surface area contributed by atoms with E-state index in [1.807, 2.05) is 0 Å². The summed E-state index contributed by atoms with van der Waals surface area (Å²) in [6.45, 7) is 2.75. The minimum absolute atomic E-state index is 0.265. The van der Waals surface area contributed by atoms with Crippen LogP contribution in [0.2, 0.25) is 4.34 Å². The molecule has 0 spiro atoms. The second kappa shape index (κ2) is 5.27. The number of nitrogens with one attached hydrogen (secondary N) is 2. The fourth-order valence-electron chi connectivity index (χ4n) is 0.946. The van der Waals surface area contributed by atoms with Crippen LogP contribution in [0.3, 0.4) is 0 Å². The highest BCUT2D eigenvalue weighted by molar-refractivity contribution is 7.91. The van der Waals surface area contributed by atoms with E-state index in [-0.39, 0.29) is 4.21 Å². The highest BCUT2D eigenvalue weighted by atomic mass is 35.5. The summed E-state index contributed by atoms with van der Waals surface area (Å²) in [4.78, 5) is 0. The number of sulfonamides is 1. The van der Waals surface area contributed by atoms with Gasteiger partial charge in [-0.1, -0.05) is 11.6 Å². The lowest BCUT2D eigenvalue weighted by Crippen LogP contribution is -2.30. The van der Waals surface area contributed by atoms with Crippen LogP contribution in [0.15, 0.2) is 10.3 Å². The van der Waals surface area contributed by atoms with Crippen LogP contribution in [0.4, 0.5) is 0 Å². The number of halogens is 1. The summed E-state index contributed by atoms with van der Waals surface area (Å²) in [6, 6.07) is 1.58. The monoisotopic (exact) mass is 268 g/mol. The summed E-state index contributed by atoms with van der Waals surface area (Å²) >= 11 is 6.88. The fraction of sp³-hybridized carbons (Fsp3) is 0.500. The Hall–Kier alpha value is -0.140. The molecule has 0 atom stereocenters. The van der Waals surface area contributed by atoms with E-state index >= 15 is 0 Å². The molecule has 0 amide bonds. The van der Waals surface area contributed by atoms with Gasteiger partial charge in [0.05, 0.1) is 4.34 Å². The van der Waals surface area contributed by atoms with Crippen molar-refractivity contribution in [2.75, 3.05) is 20.1 Å². The van der Waals surface area contributed by atoms with Gasteiger partial charge < -0.3 is 5.32 Å². The van der Waals surface area contributed by atoms with Gasteiger partial charge in [-0.05, 0) is 25.6 Å². The van der Waals surface area contributed by atoms with Crippen molar-refractivity contribution in [2.45, 2.75) is 11.1 Å². The molecule has 1 aromatic heterocycles. The van der Waals surface area contributed by atoms with Crippen LogP contribution in [-0.2, 0) is 10.0 Å². The van der Waals surface area contributed by atoms with E-state index in [2.05, 4.69) is 10.0 Å². The van der Waals surface area contributed by atoms with E-state index in [0.29, 0.717) is 17.4 Å². The van der Waals surface area contributed by atoms with E-state index in [1.165, 1.54) is 0 Å². The lowest BCUT2D eigenvalue weighted by molar-refractivity contribution is 0.581. The molecule has 0 saturated carbocycles. The molecule has 86 valence electrons. The Morgan fingerprint density at radius 3 is 2.60 bits per heavy atom. The van der Waals surface area contributed by atoms with Crippen molar-refractivity contribution in [3.63, 3.8) is 0 Å². The van der Waals surface area contributed by atoms with Gasteiger partial charge >= 0.3 is 0 Å². The smallest absolute Gasteiger partial charge is 0.250 e. The van der Waals surface area contributed by atoms with E-state index in [4.69, 9.17) is 11.6 Å². The lowest BCUT2D eigenvalue weighted by atomic mass is 10.4. The zero-order chi connectivity index (χ0) is 11.5. The normalized spacial score (nSPS) is 11.9. The van der Waals surface area contributed by atoms with Gasteiger partial charge in [0, 0.05) is 13.1 Å². The third-order valence-corrected chi connectivity index (χ3v) is 5.26. The molecule has 0 aliphatic rings. The first-order valence-electron chi connectivity index (χ1n) is 4.37. The van der Waals surface area contributed by atoms with Crippen LogP contribution in [0.5, 0.6) is 0 Å². The third-order valence-electron chi connectivity index (χ3n) is 1.77. The van der Waals surface area contributed by atoms with Crippen molar-refractivity contribution < 1.29 is 8.42 Å². The molecule has 0 aliphatic carbocycles. The predicted octanol–water partition coefficient (Wildman–Crippen LogP) is 1.21. The van der Waals surface area contributed by atoms with Crippen molar-refractivity contribution in [1.29, 1.82) is 0 Å². The van der Waals surface area contributed by atoms with Gasteiger partial charge in [0.25, 0.3) is 0 Å². The molecular formula is C8H13ClN2O2S2. The Bertz CT molecular complexity index is 408. The first kappa shape index (κ1) is 12.9. The average Bonchev–Trinajstić information content (AvgIpc) is 2.48. The molecule has 2 N–H and O–H groups in total. The third kappa shape index (κ3) is 3.42. The maximum atomic E-state index is 11.7. The van der Waals surface area contributed by atoms with Crippen molar-refractivity contribution in [2.24, 2.45) is 0 Å². The predicted molar refractivity (Wildman–Crippen MR) is 63.2 cm³/mol. The van der Waals surface area contributed by atoms with E-state index in [1.54, 1.807) is 20.0 Å². The molecule has 0 saturated heterocycles. The zero-order valence-electron chi connectivity index (χ0n) is 8.50. The second-order valence-corrected chi connectivity index (χ2v) is 6.67. The molecule has 1 rings (SSSR count). The number of aryl methyl sites for hydroxylation is 1. The van der Waals surface area contributed by atoms with Gasteiger partial charge in [0.1, 0.15) is 4.21 Å². The maximum absolute atomic E-state index is 11.7. The fourth-order valence-corrected chi connectivity index (χ4v) is 3.73. The number of hydrogen-bond acceptors (Lipinski definition) is 4. The summed E-state index contributed by atoms with van der Waals surface area (Å²) in [5.41, 5.74) is 0.788. The molecule has 15 heavy (non-hydrogen) atoms. The van der Waals surface area contributed by atoms with Crippen molar-refractivity contribution in [3.05, 3.63) is 16.0 Å². The molecule has 7 heteroatoms. The van der Waals surface area contributed by atoms with Crippen molar-refractivity contribution >= 4 is 33.0 Å². The van der Waals surface area contributed by atoms with E-state index < -0.39 is 10.0 Å². The second-order valence-electron chi connectivity index (χ2n) is 3.02. The minimum Gasteiger partial charge on any atom is -0.318 e. The van der Waals surface area contributed by atoms with Crippen LogP contribution in [0, 0.1) is 6.92 Å². The molecular weight excluding hydrogens is 256 g/mol. The quantitative estimate of drug-likeness (QED) is 0.790. The summed E-state index contributed by atoms with van der Waals surface area (Å²) in [7, 11) is -1.63. The Kier molecular flexibility index (Phi) is 4.54. The Balaban J connectivity index is 2.77. The van der Waals surface area contributed by atoms with Gasteiger partial charge in [-0.3, -0.25) is 0 Å². The molecule has 1 aromatic rings. The summed E-state index contributed by atoms with van der Waals surface area (Å²) in [6.07, 6.45) is 0. The molecule has 0 bridgehead atoms. The van der Waals surface area contributed by atoms with E-state index in [9.17, 15) is 8.42 Å². The average molecular weight is 269 g/mol. The van der Waals surface area contributed by atoms with Gasteiger partial charge in [-0.2, -0.15) is 0 Å². The summed E-state index contributed by atoms with van der Waals surface area (Å²) in [5.74, 6) is 0. The molecule has 0 aliphatic heterocycles. The number of likely N-dealkylation sites (N-methyl/N-ethyl adjacent to an activating group) is 1. The number of rotatable bonds is 5. The molecule has 0 aromatic carbocycles. The number of hydrogen-bond donors (Lipinski definition) is 2. The first-order valence-corrected chi connectivity index (χ1v) is 7.05. The Morgan fingerprint density at radius 1 is 1.47 bits per heavy atom. The highest BCUT2D eigenvalue weighted by Gasteiger charge is 2.17. The van der Waals surface area contributed by atoms with Crippen LogP contribution < -0.4 is 10.0 Å². The minimum atomic E-state index is -3.39. The number of thiophene rings is 1. The Morgan fingerprint density at radius 2 is 2.13 bits per heavy atom. The van der Waals surface area contributed by atoms with E-state index in [0.717, 1.165) is 16.9 Å². The Labute approximate surface area is 98.7 Å². The molecule has 4 nitrogen and oxygen atoms in total. The van der Waals surface area contributed by atoms with Crippen LogP contribution in [-0.4, -0.2) is 28.6 Å². The highest BCUT2D eigenvalue weighted by Crippen LogP contribution is 2.29. The molecule has 0 unspecified atom stereocenters. The van der Waals surface area contributed by atoms with Crippen molar-refractivity contribution in [3.8, 4) is 0 Å². The van der Waals surface area contributed by atoms with Crippen molar-refractivity contribution in [1.82, 2.24) is 10.0 Å². The summed E-state index contributed by atoms with van der Waals surface area (Å²) in [5, 5.41) is 2.86. The lowest BCUT2D eigenvalue weighted by Gasteiger charge is -2.03. The van der Waals surface area contributed by atoms with Crippen LogP contribution in [0.1, 0.15) is 5.56 Å². The van der Waals surface area contributed by atoms with Gasteiger partial charge in [0.2, 0.25) is 10.0 Å². The topological polar surface area (TPSA) is 58.2 Å². The molecule has 1 heterocycles. The van der Waals surface area contributed by atoms with Gasteiger partial charge in [-0.25, -0.2) is 13.1 Å². The SMILES string of the molecule is CNCCNS(=O)(=O)c1cc(C)c(Cl)s1. The largest absolute Gasteiger partial charge is 0.318 e. The molecule has 0 fully saturated rings. The zero-order valence-corrected chi connectivity index (χ0v) is 10.9. The molecule has 0 radical (unpaired) electrons. The maximum Gasteiger partial charge on any atom is 0.250 e. The standard InChI is InChI=1S/C8H13ClN2O2S2/c1-6-5-7(14-8(6)9)15(12,13)11-4-3-10-2/h5,10-11H,3-4H2,1-2H3.